The first-order chi connectivity index (χ1) is 12.2. The number of carbonyl (C=O) groups excluding carboxylic acids is 1. The minimum absolute atomic E-state index is 0.0409. The molecule has 1 aliphatic carbocycles. The van der Waals surface area contributed by atoms with E-state index in [0.717, 1.165) is 56.1 Å². The number of carbonyl (C=O) groups is 1. The van der Waals surface area contributed by atoms with Crippen molar-refractivity contribution in [3.8, 4) is 0 Å². The summed E-state index contributed by atoms with van der Waals surface area (Å²) in [5.74, 6) is 1.52. The Labute approximate surface area is 149 Å². The van der Waals surface area contributed by atoms with Gasteiger partial charge in [0.25, 0.3) is 0 Å². The minimum atomic E-state index is -0.0569. The van der Waals surface area contributed by atoms with Crippen LogP contribution in [0.15, 0.2) is 15.6 Å². The number of rotatable bonds is 7. The lowest BCUT2D eigenvalue weighted by Gasteiger charge is -2.29. The molecule has 0 radical (unpaired) electrons. The third-order valence-electron chi connectivity index (χ3n) is 4.40. The van der Waals surface area contributed by atoms with Crippen molar-refractivity contribution in [2.24, 2.45) is 10.9 Å². The maximum atomic E-state index is 11.8. The molecule has 1 aromatic rings. The number of hydrogen-bond acceptors (Lipinski definition) is 5. The Morgan fingerprint density at radius 2 is 2.08 bits per heavy atom. The maximum Gasteiger partial charge on any atom is 0.308 e. The fraction of sp³-hybridized carbons (Fsp3) is 0.722. The molecule has 2 N–H and O–H groups in total. The second kappa shape index (κ2) is 10.1. The summed E-state index contributed by atoms with van der Waals surface area (Å²) in [4.78, 5) is 16.4. The van der Waals surface area contributed by atoms with E-state index < -0.39 is 0 Å². The molecule has 7 nitrogen and oxygen atoms in total. The van der Waals surface area contributed by atoms with Crippen molar-refractivity contribution in [2.45, 2.75) is 65.5 Å². The van der Waals surface area contributed by atoms with Crippen LogP contribution in [0.25, 0.3) is 0 Å². The van der Waals surface area contributed by atoms with Crippen LogP contribution in [0.5, 0.6) is 0 Å². The molecule has 0 atom stereocenters. The molecule has 0 amide bonds. The molecule has 1 heterocycles. The van der Waals surface area contributed by atoms with Crippen molar-refractivity contribution in [1.29, 1.82) is 0 Å². The Bertz CT molecular complexity index is 562. The molecule has 0 aromatic carbocycles. The number of hydrogen-bond donors (Lipinski definition) is 2. The molecule has 0 bridgehead atoms. The predicted molar refractivity (Wildman–Crippen MR) is 96.2 cm³/mol. The number of nitrogens with zero attached hydrogens (tertiary/aromatic N) is 2. The normalized spacial score (nSPS) is 21.0. The molecular formula is C18H30N4O3. The van der Waals surface area contributed by atoms with E-state index in [0.29, 0.717) is 19.2 Å². The summed E-state index contributed by atoms with van der Waals surface area (Å²) in [5.41, 5.74) is 0.945. The van der Waals surface area contributed by atoms with Crippen LogP contribution in [0.3, 0.4) is 0 Å². The number of nitrogens with one attached hydrogen (secondary N) is 2. The lowest BCUT2D eigenvalue weighted by molar-refractivity contribution is -0.149. The largest absolute Gasteiger partial charge is 0.466 e. The lowest BCUT2D eigenvalue weighted by atomic mass is 9.86. The number of aliphatic imine (C=N–C) groups is 1. The summed E-state index contributed by atoms with van der Waals surface area (Å²) >= 11 is 0. The molecule has 7 heteroatoms. The van der Waals surface area contributed by atoms with E-state index in [1.165, 1.54) is 0 Å². The van der Waals surface area contributed by atoms with Crippen molar-refractivity contribution < 1.29 is 14.1 Å². The Morgan fingerprint density at radius 3 is 2.68 bits per heavy atom. The van der Waals surface area contributed by atoms with Crippen LogP contribution in [-0.2, 0) is 22.5 Å². The second-order valence-corrected chi connectivity index (χ2v) is 6.28. The van der Waals surface area contributed by atoms with Gasteiger partial charge in [0.2, 0.25) is 0 Å². The Morgan fingerprint density at radius 1 is 1.32 bits per heavy atom. The van der Waals surface area contributed by atoms with Crippen LogP contribution in [0, 0.1) is 5.92 Å². The van der Waals surface area contributed by atoms with E-state index in [4.69, 9.17) is 9.26 Å². The van der Waals surface area contributed by atoms with Gasteiger partial charge in [0.15, 0.2) is 11.7 Å². The Kier molecular flexibility index (Phi) is 7.76. The van der Waals surface area contributed by atoms with Gasteiger partial charge in [-0.05, 0) is 46.0 Å². The highest BCUT2D eigenvalue weighted by molar-refractivity contribution is 5.80. The average Bonchev–Trinajstić information content (AvgIpc) is 3.09. The number of aryl methyl sites for hydroxylation is 1. The van der Waals surface area contributed by atoms with Crippen LogP contribution in [0.4, 0.5) is 0 Å². The van der Waals surface area contributed by atoms with Crippen molar-refractivity contribution in [3.05, 3.63) is 17.5 Å². The third kappa shape index (κ3) is 6.07. The van der Waals surface area contributed by atoms with E-state index >= 15 is 0 Å². The van der Waals surface area contributed by atoms with Crippen LogP contribution >= 0.6 is 0 Å². The summed E-state index contributed by atoms with van der Waals surface area (Å²) in [6.07, 6.45) is 4.46. The van der Waals surface area contributed by atoms with E-state index in [9.17, 15) is 4.79 Å². The van der Waals surface area contributed by atoms with Gasteiger partial charge < -0.3 is 19.9 Å². The molecule has 0 saturated heterocycles. The van der Waals surface area contributed by atoms with Gasteiger partial charge in [0.05, 0.1) is 18.2 Å². The lowest BCUT2D eigenvalue weighted by Crippen LogP contribution is -2.45. The summed E-state index contributed by atoms with van der Waals surface area (Å²) < 4.78 is 10.4. The van der Waals surface area contributed by atoms with Crippen LogP contribution < -0.4 is 10.6 Å². The second-order valence-electron chi connectivity index (χ2n) is 6.28. The highest BCUT2D eigenvalue weighted by Gasteiger charge is 2.27. The van der Waals surface area contributed by atoms with Gasteiger partial charge in [-0.1, -0.05) is 12.1 Å². The van der Waals surface area contributed by atoms with E-state index in [-0.39, 0.29) is 11.9 Å². The number of aromatic nitrogens is 1. The van der Waals surface area contributed by atoms with Crippen molar-refractivity contribution >= 4 is 11.9 Å². The molecule has 0 unspecified atom stereocenters. The van der Waals surface area contributed by atoms with Crippen LogP contribution in [0.2, 0.25) is 0 Å². The molecule has 1 fully saturated rings. The predicted octanol–water partition coefficient (Wildman–Crippen LogP) is 2.41. The molecule has 1 aliphatic rings. The first-order valence-corrected chi connectivity index (χ1v) is 9.32. The van der Waals surface area contributed by atoms with E-state index in [1.807, 2.05) is 26.8 Å². The van der Waals surface area contributed by atoms with Gasteiger partial charge in [-0.2, -0.15) is 0 Å². The number of ether oxygens (including phenoxy) is 1. The minimum Gasteiger partial charge on any atom is -0.466 e. The molecule has 1 aromatic heterocycles. The van der Waals surface area contributed by atoms with Crippen molar-refractivity contribution in [2.75, 3.05) is 13.2 Å². The molecule has 25 heavy (non-hydrogen) atoms. The maximum absolute atomic E-state index is 11.8. The molecular weight excluding hydrogens is 320 g/mol. The fourth-order valence-corrected chi connectivity index (χ4v) is 3.00. The zero-order valence-corrected chi connectivity index (χ0v) is 15.5. The standard InChI is InChI=1S/C18H30N4O3/c1-4-14-11-16(25-22-14)12-20-18(19-5-2)21-15-9-7-13(8-10-15)17(23)24-6-3/h11,13,15H,4-10,12H2,1-3H3,(H2,19,20,21). The number of esters is 1. The smallest absolute Gasteiger partial charge is 0.308 e. The molecule has 0 aliphatic heterocycles. The van der Waals surface area contributed by atoms with Crippen molar-refractivity contribution in [3.63, 3.8) is 0 Å². The molecule has 0 spiro atoms. The monoisotopic (exact) mass is 350 g/mol. The van der Waals surface area contributed by atoms with Gasteiger partial charge in [-0.25, -0.2) is 4.99 Å². The fourth-order valence-electron chi connectivity index (χ4n) is 3.00. The van der Waals surface area contributed by atoms with Crippen molar-refractivity contribution in [1.82, 2.24) is 15.8 Å². The SMILES string of the molecule is CCNC(=NCc1cc(CC)no1)NC1CCC(C(=O)OCC)CC1. The van der Waals surface area contributed by atoms with Gasteiger partial charge in [0.1, 0.15) is 6.54 Å². The van der Waals surface area contributed by atoms with Crippen LogP contribution in [0.1, 0.15) is 57.9 Å². The highest BCUT2D eigenvalue weighted by atomic mass is 16.5. The van der Waals surface area contributed by atoms with Gasteiger partial charge >= 0.3 is 5.97 Å². The topological polar surface area (TPSA) is 88.8 Å². The van der Waals surface area contributed by atoms with Gasteiger partial charge in [-0.15, -0.1) is 0 Å². The zero-order chi connectivity index (χ0) is 18.1. The van der Waals surface area contributed by atoms with Gasteiger partial charge in [-0.3, -0.25) is 4.79 Å². The Balaban J connectivity index is 1.84. The molecule has 1 saturated carbocycles. The summed E-state index contributed by atoms with van der Waals surface area (Å²) in [6.45, 7) is 7.64. The summed E-state index contributed by atoms with van der Waals surface area (Å²) in [7, 11) is 0. The average molecular weight is 350 g/mol. The summed E-state index contributed by atoms with van der Waals surface area (Å²) in [6, 6.07) is 2.27. The quantitative estimate of drug-likeness (QED) is 0.446. The first kappa shape index (κ1) is 19.3. The molecule has 2 rings (SSSR count). The first-order valence-electron chi connectivity index (χ1n) is 9.32. The van der Waals surface area contributed by atoms with Gasteiger partial charge in [0, 0.05) is 18.7 Å². The third-order valence-corrected chi connectivity index (χ3v) is 4.40. The molecule has 140 valence electrons. The van der Waals surface area contributed by atoms with E-state index in [2.05, 4.69) is 20.8 Å². The zero-order valence-electron chi connectivity index (χ0n) is 15.5. The van der Waals surface area contributed by atoms with E-state index in [1.54, 1.807) is 0 Å². The van der Waals surface area contributed by atoms with Crippen LogP contribution in [-0.4, -0.2) is 36.3 Å². The Hall–Kier alpha value is -2.05. The highest BCUT2D eigenvalue weighted by Crippen LogP contribution is 2.25. The number of guanidine groups is 1. The summed E-state index contributed by atoms with van der Waals surface area (Å²) in [5, 5.41) is 10.7.